The van der Waals surface area contributed by atoms with Crippen molar-refractivity contribution < 1.29 is 0 Å². The average Bonchev–Trinajstić information content (AvgIpc) is 2.50. The van der Waals surface area contributed by atoms with Gasteiger partial charge in [0, 0.05) is 0 Å². The van der Waals surface area contributed by atoms with Crippen LogP contribution >= 0.6 is 0 Å². The molecule has 1 heterocycles. The van der Waals surface area contributed by atoms with Crippen LogP contribution < -0.4 is 5.43 Å². The summed E-state index contributed by atoms with van der Waals surface area (Å²) < 4.78 is 0. The van der Waals surface area contributed by atoms with E-state index in [1.165, 1.54) is 4.79 Å². The average molecular weight is 159 g/mol. The first-order chi connectivity index (χ1) is 5.92. The molecule has 12 heavy (non-hydrogen) atoms. The van der Waals surface area contributed by atoms with Gasteiger partial charge in [0.25, 0.3) is 0 Å². The minimum absolute atomic E-state index is 0.764. The number of para-hydroxylation sites is 1. The fraction of sp³-hybridized carbons (Fsp3) is 0. The quantitative estimate of drug-likeness (QED) is 0.484. The Balaban J connectivity index is 2.64. The van der Waals surface area contributed by atoms with Gasteiger partial charge in [0.05, 0.1) is 0 Å². The highest BCUT2D eigenvalue weighted by molar-refractivity contribution is 5.74. The summed E-state index contributed by atoms with van der Waals surface area (Å²) in [5.74, 6) is 0. The van der Waals surface area contributed by atoms with Crippen molar-refractivity contribution in [3.8, 4) is 6.19 Å². The largest absolute Gasteiger partial charge is 0.211 e. The maximum atomic E-state index is 8.35. The monoisotopic (exact) mass is 159 g/mol. The fourth-order valence-corrected chi connectivity index (χ4v) is 0.999. The van der Waals surface area contributed by atoms with Crippen LogP contribution in [0.3, 0.4) is 0 Å². The van der Waals surface area contributed by atoms with Crippen LogP contribution in [-0.4, -0.2) is 15.1 Å². The number of nitrogens with one attached hydrogen (secondary N) is 1. The van der Waals surface area contributed by atoms with Gasteiger partial charge in [-0.1, -0.05) is 12.1 Å². The van der Waals surface area contributed by atoms with E-state index in [1.807, 2.05) is 24.3 Å². The molecular formula is C7H5N5. The summed E-state index contributed by atoms with van der Waals surface area (Å²) in [5.41, 5.74) is 3.93. The molecule has 5 heteroatoms. The molecule has 1 aromatic carbocycles. The second-order valence-corrected chi connectivity index (χ2v) is 2.21. The number of fused-ring (bicyclic) bond motifs is 1. The zero-order chi connectivity index (χ0) is 8.39. The maximum absolute atomic E-state index is 8.35. The molecule has 0 aliphatic carbocycles. The van der Waals surface area contributed by atoms with Crippen LogP contribution in [0.4, 0.5) is 0 Å². The smallest absolute Gasteiger partial charge is 0.198 e. The van der Waals surface area contributed by atoms with Crippen molar-refractivity contribution in [3.63, 3.8) is 0 Å². The Morgan fingerprint density at radius 1 is 1.42 bits per heavy atom. The normalized spacial score (nSPS) is 9.58. The molecule has 0 fully saturated rings. The van der Waals surface area contributed by atoms with Gasteiger partial charge >= 0.3 is 0 Å². The lowest BCUT2D eigenvalue weighted by atomic mass is 10.3. The van der Waals surface area contributed by atoms with Crippen molar-refractivity contribution in [2.45, 2.75) is 0 Å². The molecule has 0 saturated heterocycles. The molecule has 0 bridgehead atoms. The van der Waals surface area contributed by atoms with Gasteiger partial charge in [-0.05, 0) is 17.3 Å². The van der Waals surface area contributed by atoms with Crippen LogP contribution in [0.5, 0.6) is 0 Å². The van der Waals surface area contributed by atoms with Gasteiger partial charge in [-0.2, -0.15) is 5.26 Å². The Morgan fingerprint density at radius 3 is 3.08 bits per heavy atom. The Labute approximate surface area is 68.2 Å². The molecule has 0 atom stereocenters. The minimum Gasteiger partial charge on any atom is -0.211 e. The summed E-state index contributed by atoms with van der Waals surface area (Å²) in [7, 11) is 0. The second kappa shape index (κ2) is 2.51. The number of hydrogen-bond donors (Lipinski definition) is 1. The Bertz CT molecular complexity index is 438. The molecule has 0 unspecified atom stereocenters. The molecule has 0 spiro atoms. The van der Waals surface area contributed by atoms with Crippen molar-refractivity contribution >= 4 is 11.0 Å². The van der Waals surface area contributed by atoms with Gasteiger partial charge in [-0.3, -0.25) is 0 Å². The highest BCUT2D eigenvalue weighted by Crippen LogP contribution is 2.07. The van der Waals surface area contributed by atoms with Gasteiger partial charge in [-0.25, -0.2) is 5.43 Å². The van der Waals surface area contributed by atoms with Crippen LogP contribution in [0.25, 0.3) is 11.0 Å². The van der Waals surface area contributed by atoms with Gasteiger partial charge in [-0.15, -0.1) is 9.89 Å². The van der Waals surface area contributed by atoms with E-state index in [0.29, 0.717) is 0 Å². The number of nitrogens with zero attached hydrogens (tertiary/aromatic N) is 4. The molecule has 2 rings (SSSR count). The second-order valence-electron chi connectivity index (χ2n) is 2.21. The van der Waals surface area contributed by atoms with E-state index in [2.05, 4.69) is 15.7 Å². The van der Waals surface area contributed by atoms with Crippen molar-refractivity contribution in [2.24, 2.45) is 0 Å². The molecule has 1 N–H and O–H groups in total. The van der Waals surface area contributed by atoms with Gasteiger partial charge in [0.15, 0.2) is 6.19 Å². The molecule has 0 aliphatic heterocycles. The van der Waals surface area contributed by atoms with E-state index in [4.69, 9.17) is 5.26 Å². The summed E-state index contributed by atoms with van der Waals surface area (Å²) in [6, 6.07) is 7.40. The summed E-state index contributed by atoms with van der Waals surface area (Å²) in [6.07, 6.45) is 1.77. The van der Waals surface area contributed by atoms with Crippen molar-refractivity contribution in [1.29, 1.82) is 5.26 Å². The van der Waals surface area contributed by atoms with Crippen LogP contribution in [0.2, 0.25) is 0 Å². The number of nitriles is 1. The van der Waals surface area contributed by atoms with Crippen LogP contribution in [0.15, 0.2) is 24.3 Å². The van der Waals surface area contributed by atoms with Crippen LogP contribution in [0, 0.1) is 11.5 Å². The van der Waals surface area contributed by atoms with Gasteiger partial charge in [0.2, 0.25) is 0 Å². The number of hydrogen-bond acceptors (Lipinski definition) is 4. The Morgan fingerprint density at radius 2 is 2.25 bits per heavy atom. The predicted octanol–water partition coefficient (Wildman–Crippen LogP) is 0.456. The first-order valence-electron chi connectivity index (χ1n) is 3.37. The standard InChI is InChI=1S/C7H5N5/c8-5-9-12-7-4-2-1-3-6(7)10-11-12/h1-4,9H. The van der Waals surface area contributed by atoms with E-state index in [0.717, 1.165) is 11.0 Å². The van der Waals surface area contributed by atoms with Crippen molar-refractivity contribution in [2.75, 3.05) is 5.43 Å². The molecule has 2 aromatic rings. The SMILES string of the molecule is N#CNn1nnc2ccccc21. The summed E-state index contributed by atoms with van der Waals surface area (Å²) in [6.45, 7) is 0. The summed E-state index contributed by atoms with van der Waals surface area (Å²) >= 11 is 0. The molecular weight excluding hydrogens is 154 g/mol. The highest BCUT2D eigenvalue weighted by atomic mass is 15.6. The van der Waals surface area contributed by atoms with E-state index in [9.17, 15) is 0 Å². The van der Waals surface area contributed by atoms with Gasteiger partial charge < -0.3 is 0 Å². The van der Waals surface area contributed by atoms with Gasteiger partial charge in [0.1, 0.15) is 11.0 Å². The number of aromatic nitrogens is 3. The number of rotatable bonds is 1. The van der Waals surface area contributed by atoms with Crippen LogP contribution in [-0.2, 0) is 0 Å². The number of benzene rings is 1. The lowest BCUT2D eigenvalue weighted by molar-refractivity contribution is 0.767. The van der Waals surface area contributed by atoms with E-state index < -0.39 is 0 Å². The fourth-order valence-electron chi connectivity index (χ4n) is 0.999. The molecule has 5 nitrogen and oxygen atoms in total. The molecule has 0 saturated carbocycles. The predicted molar refractivity (Wildman–Crippen MR) is 42.5 cm³/mol. The van der Waals surface area contributed by atoms with Crippen LogP contribution in [0.1, 0.15) is 0 Å². The highest BCUT2D eigenvalue weighted by Gasteiger charge is 2.00. The van der Waals surface area contributed by atoms with E-state index >= 15 is 0 Å². The van der Waals surface area contributed by atoms with Crippen molar-refractivity contribution in [3.05, 3.63) is 24.3 Å². The summed E-state index contributed by atoms with van der Waals surface area (Å²) in [5, 5.41) is 15.9. The van der Waals surface area contributed by atoms with E-state index in [1.54, 1.807) is 6.19 Å². The Kier molecular flexibility index (Phi) is 1.38. The third-order valence-corrected chi connectivity index (χ3v) is 1.51. The minimum atomic E-state index is 0.764. The third kappa shape index (κ3) is 0.864. The topological polar surface area (TPSA) is 66.5 Å². The lowest BCUT2D eigenvalue weighted by Crippen LogP contribution is -2.09. The Hall–Kier alpha value is -2.09. The zero-order valence-corrected chi connectivity index (χ0v) is 6.10. The molecule has 0 aliphatic rings. The van der Waals surface area contributed by atoms with E-state index in [-0.39, 0.29) is 0 Å². The molecule has 58 valence electrons. The summed E-state index contributed by atoms with van der Waals surface area (Å²) in [4.78, 5) is 1.33. The third-order valence-electron chi connectivity index (χ3n) is 1.51. The molecule has 1 aromatic heterocycles. The maximum Gasteiger partial charge on any atom is 0.198 e. The first-order valence-corrected chi connectivity index (χ1v) is 3.37. The molecule has 0 amide bonds. The molecule has 0 radical (unpaired) electrons. The first kappa shape index (κ1) is 6.61. The van der Waals surface area contributed by atoms with Crippen molar-refractivity contribution in [1.82, 2.24) is 15.1 Å². The zero-order valence-electron chi connectivity index (χ0n) is 6.10. The lowest BCUT2D eigenvalue weighted by Gasteiger charge is -1.93.